The molecule has 0 aromatic heterocycles. The van der Waals surface area contributed by atoms with E-state index < -0.39 is 17.9 Å². The first-order valence-corrected chi connectivity index (χ1v) is 7.63. The van der Waals surface area contributed by atoms with E-state index in [1.54, 1.807) is 13.0 Å². The monoisotopic (exact) mass is 338 g/mol. The number of methoxy groups -OCH3 is 1. The number of carbonyl (C=O) groups excluding carboxylic acids is 2. The molecule has 1 heterocycles. The number of ether oxygens (including phenoxy) is 2. The van der Waals surface area contributed by atoms with Crippen molar-refractivity contribution < 1.29 is 29.3 Å². The summed E-state index contributed by atoms with van der Waals surface area (Å²) in [7, 11) is 1.40. The number of hydrogen-bond acceptors (Lipinski definition) is 6. The predicted octanol–water partition coefficient (Wildman–Crippen LogP) is 2.87. The Morgan fingerprint density at radius 1 is 1.04 bits per heavy atom. The number of phenols is 2. The van der Waals surface area contributed by atoms with E-state index in [2.05, 4.69) is 0 Å². The largest absolute Gasteiger partial charge is 0.507 e. The molecular weight excluding hydrogens is 324 g/mol. The first-order chi connectivity index (χ1) is 11.9. The molecule has 1 unspecified atom stereocenters. The van der Waals surface area contributed by atoms with Gasteiger partial charge in [-0.15, -0.1) is 0 Å². The van der Waals surface area contributed by atoms with Crippen LogP contribution in [0.1, 0.15) is 43.7 Å². The molecule has 0 saturated carbocycles. The van der Waals surface area contributed by atoms with Gasteiger partial charge in [0.05, 0.1) is 11.1 Å². The van der Waals surface area contributed by atoms with Crippen LogP contribution in [0.5, 0.6) is 11.5 Å². The number of benzene rings is 2. The van der Waals surface area contributed by atoms with Crippen molar-refractivity contribution >= 4 is 17.1 Å². The van der Waals surface area contributed by atoms with Crippen molar-refractivity contribution in [3.63, 3.8) is 0 Å². The molecule has 0 fully saturated rings. The summed E-state index contributed by atoms with van der Waals surface area (Å²) in [5.74, 6) is -1.75. The van der Waals surface area contributed by atoms with E-state index in [0.717, 1.165) is 5.56 Å². The number of hydrogen-bond donors (Lipinski definition) is 2. The summed E-state index contributed by atoms with van der Waals surface area (Å²) in [5.41, 5.74) is 1.43. The third-order valence-electron chi connectivity index (χ3n) is 4.41. The number of ketones is 2. The minimum atomic E-state index is -0.941. The first kappa shape index (κ1) is 15.4. The molecule has 0 amide bonds. The molecule has 126 valence electrons. The molecule has 1 aliphatic heterocycles. The predicted molar refractivity (Wildman–Crippen MR) is 87.4 cm³/mol. The maximum atomic E-state index is 13.0. The van der Waals surface area contributed by atoms with Gasteiger partial charge in [0, 0.05) is 23.8 Å². The molecule has 0 spiro atoms. The lowest BCUT2D eigenvalue weighted by Gasteiger charge is -2.32. The Morgan fingerprint density at radius 2 is 1.80 bits per heavy atom. The molecule has 2 aliphatic rings. The van der Waals surface area contributed by atoms with Gasteiger partial charge < -0.3 is 19.7 Å². The Morgan fingerprint density at radius 3 is 2.52 bits per heavy atom. The topological polar surface area (TPSA) is 93.1 Å². The Labute approximate surface area is 142 Å². The zero-order chi connectivity index (χ0) is 17.9. The average molecular weight is 338 g/mol. The summed E-state index contributed by atoms with van der Waals surface area (Å²) >= 11 is 0. The fourth-order valence-electron chi connectivity index (χ4n) is 3.37. The van der Waals surface area contributed by atoms with Crippen molar-refractivity contribution in [1.29, 1.82) is 0 Å². The van der Waals surface area contributed by atoms with Gasteiger partial charge >= 0.3 is 0 Å². The number of phenolic OH excluding ortho intramolecular Hbond substituents is 2. The molecule has 0 saturated heterocycles. The van der Waals surface area contributed by atoms with E-state index in [0.29, 0.717) is 5.56 Å². The molecule has 2 N–H and O–H groups in total. The maximum absolute atomic E-state index is 13.0. The lowest BCUT2D eigenvalue weighted by Crippen LogP contribution is -2.28. The molecule has 1 atom stereocenters. The highest BCUT2D eigenvalue weighted by atomic mass is 16.7. The Kier molecular flexibility index (Phi) is 3.20. The molecular formula is C19H14O6. The normalized spacial score (nSPS) is 18.4. The van der Waals surface area contributed by atoms with Crippen LogP contribution >= 0.6 is 0 Å². The number of aromatic hydroxyl groups is 2. The van der Waals surface area contributed by atoms with Crippen molar-refractivity contribution in [1.82, 2.24) is 0 Å². The van der Waals surface area contributed by atoms with Gasteiger partial charge in [0.25, 0.3) is 0 Å². The second-order valence-corrected chi connectivity index (χ2v) is 6.00. The van der Waals surface area contributed by atoms with Crippen molar-refractivity contribution in [2.75, 3.05) is 7.11 Å². The Bertz CT molecular complexity index is 986. The smallest absolute Gasteiger partial charge is 0.232 e. The fourth-order valence-corrected chi connectivity index (χ4v) is 3.37. The highest BCUT2D eigenvalue weighted by Gasteiger charge is 2.43. The van der Waals surface area contributed by atoms with Gasteiger partial charge in [0.1, 0.15) is 11.5 Å². The van der Waals surface area contributed by atoms with Crippen LogP contribution in [0.3, 0.4) is 0 Å². The number of carbonyl (C=O) groups is 2. The van der Waals surface area contributed by atoms with Gasteiger partial charge in [0.2, 0.25) is 12.1 Å². The van der Waals surface area contributed by atoms with Crippen molar-refractivity contribution in [3.8, 4) is 11.5 Å². The lowest BCUT2D eigenvalue weighted by molar-refractivity contribution is -0.0970. The van der Waals surface area contributed by atoms with Crippen LogP contribution in [-0.2, 0) is 9.47 Å². The molecule has 6 nitrogen and oxygen atoms in total. The molecule has 2 aromatic carbocycles. The second kappa shape index (κ2) is 5.19. The average Bonchev–Trinajstić information content (AvgIpc) is 2.58. The molecule has 1 aliphatic carbocycles. The van der Waals surface area contributed by atoms with Gasteiger partial charge in [-0.1, -0.05) is 12.1 Å². The lowest BCUT2D eigenvalue weighted by atomic mass is 9.81. The van der Waals surface area contributed by atoms with Gasteiger partial charge in [-0.3, -0.25) is 9.59 Å². The number of Topliss-reactive ketones (excluding diaryl/α,β-unsaturated/α-hetero) is 2. The summed E-state index contributed by atoms with van der Waals surface area (Å²) in [5, 5.41) is 20.5. The van der Waals surface area contributed by atoms with E-state index in [1.807, 2.05) is 0 Å². The van der Waals surface area contributed by atoms with Gasteiger partial charge in [-0.25, -0.2) is 0 Å². The quantitative estimate of drug-likeness (QED) is 0.830. The highest BCUT2D eigenvalue weighted by molar-refractivity contribution is 6.41. The van der Waals surface area contributed by atoms with Crippen LogP contribution < -0.4 is 0 Å². The summed E-state index contributed by atoms with van der Waals surface area (Å²) in [6.07, 6.45) is -0.941. The zero-order valence-electron chi connectivity index (χ0n) is 13.5. The van der Waals surface area contributed by atoms with Gasteiger partial charge in [-0.2, -0.15) is 0 Å². The maximum Gasteiger partial charge on any atom is 0.232 e. The standard InChI is InChI=1S/C19H14O6/c1-8-6-10-13(12(21)7-8)15-16(22)9-4-3-5-11(20)14(9)17(23)18(15)25-19(10)24-2/h3-7,19-21H,1-2H3. The van der Waals surface area contributed by atoms with Gasteiger partial charge in [-0.05, 0) is 30.7 Å². The number of allylic oxidation sites excluding steroid dienone is 2. The van der Waals surface area contributed by atoms with Crippen LogP contribution in [0, 0.1) is 6.92 Å². The van der Waals surface area contributed by atoms with E-state index in [-0.39, 0.29) is 39.5 Å². The fraction of sp³-hybridized carbons (Fsp3) is 0.158. The van der Waals surface area contributed by atoms with Crippen LogP contribution in [0.25, 0.3) is 5.57 Å². The third kappa shape index (κ3) is 2.01. The van der Waals surface area contributed by atoms with E-state index in [9.17, 15) is 19.8 Å². The molecule has 0 radical (unpaired) electrons. The molecule has 0 bridgehead atoms. The minimum absolute atomic E-state index is 0.0103. The van der Waals surface area contributed by atoms with Crippen molar-refractivity contribution in [3.05, 3.63) is 63.9 Å². The summed E-state index contributed by atoms with van der Waals surface area (Å²) in [6.45, 7) is 1.79. The van der Waals surface area contributed by atoms with E-state index in [1.165, 1.54) is 31.4 Å². The zero-order valence-corrected chi connectivity index (χ0v) is 13.5. The van der Waals surface area contributed by atoms with Crippen LogP contribution in [0.2, 0.25) is 0 Å². The Balaban J connectivity index is 2.05. The first-order valence-electron chi connectivity index (χ1n) is 7.63. The second-order valence-electron chi connectivity index (χ2n) is 6.00. The number of rotatable bonds is 1. The SMILES string of the molecule is COC1OC2=C(C(=O)c3cccc(O)c3C2=O)c2c(O)cc(C)cc21. The summed E-state index contributed by atoms with van der Waals surface area (Å²) in [6, 6.07) is 7.54. The molecule has 4 rings (SSSR count). The highest BCUT2D eigenvalue weighted by Crippen LogP contribution is 2.47. The summed E-state index contributed by atoms with van der Waals surface area (Å²) < 4.78 is 10.9. The van der Waals surface area contributed by atoms with Crippen LogP contribution in [-0.4, -0.2) is 28.9 Å². The van der Waals surface area contributed by atoms with Crippen molar-refractivity contribution in [2.45, 2.75) is 13.2 Å². The van der Waals surface area contributed by atoms with Crippen LogP contribution in [0.15, 0.2) is 36.1 Å². The van der Waals surface area contributed by atoms with E-state index >= 15 is 0 Å². The van der Waals surface area contributed by atoms with Gasteiger partial charge in [0.15, 0.2) is 11.5 Å². The van der Waals surface area contributed by atoms with Crippen LogP contribution in [0.4, 0.5) is 0 Å². The number of aryl methyl sites for hydroxylation is 1. The Hall–Kier alpha value is -3.12. The van der Waals surface area contributed by atoms with Crippen molar-refractivity contribution in [2.24, 2.45) is 0 Å². The van der Waals surface area contributed by atoms with E-state index in [4.69, 9.17) is 9.47 Å². The third-order valence-corrected chi connectivity index (χ3v) is 4.41. The number of fused-ring (bicyclic) bond motifs is 3. The summed E-state index contributed by atoms with van der Waals surface area (Å²) in [4.78, 5) is 25.8. The molecule has 2 aromatic rings. The minimum Gasteiger partial charge on any atom is -0.507 e. The molecule has 25 heavy (non-hydrogen) atoms. The molecule has 6 heteroatoms.